The first-order valence-electron chi connectivity index (χ1n) is 14.1. The number of non-ortho nitro benzene ring substituents is 1. The van der Waals surface area contributed by atoms with E-state index in [9.17, 15) is 24.5 Å². The zero-order chi connectivity index (χ0) is 30.1. The van der Waals surface area contributed by atoms with Gasteiger partial charge in [-0.2, -0.15) is 0 Å². The van der Waals surface area contributed by atoms with E-state index in [1.54, 1.807) is 26.8 Å². The number of nitrogens with zero attached hydrogens (tertiary/aromatic N) is 2. The minimum atomic E-state index is -1.01. The molecule has 1 heterocycles. The summed E-state index contributed by atoms with van der Waals surface area (Å²) >= 11 is 0. The van der Waals surface area contributed by atoms with Crippen molar-refractivity contribution < 1.29 is 24.0 Å². The van der Waals surface area contributed by atoms with Crippen molar-refractivity contribution in [3.8, 4) is 0 Å². The Morgan fingerprint density at radius 3 is 2.39 bits per heavy atom. The summed E-state index contributed by atoms with van der Waals surface area (Å²) in [6.07, 6.45) is 2.14. The van der Waals surface area contributed by atoms with Crippen LogP contribution in [0.3, 0.4) is 0 Å². The molecule has 0 saturated heterocycles. The Bertz CT molecular complexity index is 1340. The number of carbonyl (C=O) groups excluding carboxylic acids is 3. The molecule has 2 aliphatic rings. The number of carbonyl (C=O) groups is 3. The van der Waals surface area contributed by atoms with Gasteiger partial charge in [0.1, 0.15) is 17.7 Å². The van der Waals surface area contributed by atoms with Gasteiger partial charge in [0.25, 0.3) is 5.69 Å². The first-order chi connectivity index (χ1) is 19.1. The molecule has 2 aromatic carbocycles. The number of hydrogen-bond acceptors (Lipinski definition) is 6. The van der Waals surface area contributed by atoms with E-state index in [1.165, 1.54) is 22.6 Å². The van der Waals surface area contributed by atoms with Gasteiger partial charge in [0.05, 0.1) is 11.0 Å². The van der Waals surface area contributed by atoms with Crippen LogP contribution in [0, 0.1) is 15.5 Å². The van der Waals surface area contributed by atoms with Crippen molar-refractivity contribution in [3.05, 3.63) is 74.8 Å². The van der Waals surface area contributed by atoms with Crippen LogP contribution in [0.15, 0.2) is 42.5 Å². The van der Waals surface area contributed by atoms with Crippen LogP contribution in [0.25, 0.3) is 0 Å². The second-order valence-electron chi connectivity index (χ2n) is 13.0. The molecule has 2 N–H and O–H groups in total. The molecule has 10 heteroatoms. The van der Waals surface area contributed by atoms with Crippen molar-refractivity contribution in [3.63, 3.8) is 0 Å². The highest BCUT2D eigenvalue weighted by Gasteiger charge is 2.43. The number of alkyl carbamates (subject to hydrolysis) is 1. The maximum atomic E-state index is 14.2. The Morgan fingerprint density at radius 2 is 1.73 bits per heavy atom. The van der Waals surface area contributed by atoms with Gasteiger partial charge in [0.15, 0.2) is 0 Å². The van der Waals surface area contributed by atoms with E-state index in [2.05, 4.69) is 16.7 Å². The molecule has 220 valence electrons. The molecule has 0 radical (unpaired) electrons. The minimum Gasteiger partial charge on any atom is -0.444 e. The van der Waals surface area contributed by atoms with Crippen molar-refractivity contribution in [2.75, 3.05) is 0 Å². The number of benzene rings is 2. The fourth-order valence-electron chi connectivity index (χ4n) is 5.56. The molecular formula is C31H40N4O6. The number of nitro groups is 1. The molecule has 41 heavy (non-hydrogen) atoms. The normalized spacial score (nSPS) is 19.3. The highest BCUT2D eigenvalue weighted by Crippen LogP contribution is 2.33. The number of nitrogens with one attached hydrogen (secondary N) is 2. The predicted octanol–water partition coefficient (Wildman–Crippen LogP) is 4.98. The molecule has 1 aliphatic heterocycles. The Labute approximate surface area is 241 Å². The van der Waals surface area contributed by atoms with Crippen LogP contribution in [-0.2, 0) is 33.7 Å². The summed E-state index contributed by atoms with van der Waals surface area (Å²) in [6, 6.07) is 10.5. The Kier molecular flexibility index (Phi) is 8.42. The summed E-state index contributed by atoms with van der Waals surface area (Å²) in [5.41, 5.74) is 2.08. The summed E-state index contributed by atoms with van der Waals surface area (Å²) < 4.78 is 5.43. The maximum Gasteiger partial charge on any atom is 0.408 e. The Hall–Kier alpha value is -3.95. The lowest BCUT2D eigenvalue weighted by Gasteiger charge is -2.41. The van der Waals surface area contributed by atoms with Gasteiger partial charge in [-0.25, -0.2) is 4.79 Å². The van der Waals surface area contributed by atoms with E-state index in [1.807, 2.05) is 39.0 Å². The molecule has 3 amide bonds. The number of hydrogen-bond donors (Lipinski definition) is 2. The smallest absolute Gasteiger partial charge is 0.408 e. The fourth-order valence-corrected chi connectivity index (χ4v) is 5.56. The molecule has 3 atom stereocenters. The monoisotopic (exact) mass is 564 g/mol. The van der Waals surface area contributed by atoms with E-state index in [4.69, 9.17) is 4.74 Å². The lowest BCUT2D eigenvalue weighted by molar-refractivity contribution is -0.385. The summed E-state index contributed by atoms with van der Waals surface area (Å²) in [5.74, 6) is -0.751. The molecule has 0 aromatic heterocycles. The molecule has 0 fully saturated rings. The van der Waals surface area contributed by atoms with Crippen molar-refractivity contribution in [2.45, 2.75) is 97.5 Å². The largest absolute Gasteiger partial charge is 0.444 e. The predicted molar refractivity (Wildman–Crippen MR) is 154 cm³/mol. The van der Waals surface area contributed by atoms with Gasteiger partial charge in [-0.05, 0) is 67.7 Å². The molecule has 2 aromatic rings. The third kappa shape index (κ3) is 7.04. The number of ether oxygens (including phenoxy) is 1. The third-order valence-corrected chi connectivity index (χ3v) is 7.58. The second-order valence-corrected chi connectivity index (χ2v) is 13.0. The van der Waals surface area contributed by atoms with Crippen molar-refractivity contribution in [2.24, 2.45) is 5.41 Å². The molecule has 4 rings (SSSR count). The number of amides is 3. The summed E-state index contributed by atoms with van der Waals surface area (Å²) in [7, 11) is 0. The van der Waals surface area contributed by atoms with Gasteiger partial charge in [-0.15, -0.1) is 0 Å². The zero-order valence-corrected chi connectivity index (χ0v) is 24.7. The lowest BCUT2D eigenvalue weighted by Crippen LogP contribution is -2.61. The summed E-state index contributed by atoms with van der Waals surface area (Å²) in [4.78, 5) is 53.4. The van der Waals surface area contributed by atoms with Crippen LogP contribution in [0.4, 0.5) is 10.5 Å². The molecule has 0 saturated carbocycles. The average Bonchev–Trinajstić information content (AvgIpc) is 2.88. The summed E-state index contributed by atoms with van der Waals surface area (Å²) in [5, 5.41) is 17.4. The standard InChI is InChI=1S/C31H40N4O6/c1-30(2,3)26(33-29(38)41-31(4,5)6)28(37)34-18-21-16-22(35(39)40)15-14-20(21)17-25(34)27(36)32-24-13-9-11-19-10-7-8-12-23(19)24/h7-8,10,12,14-16,24-26H,9,11,13,17-18H2,1-6H3,(H,32,36)(H,33,38). The Balaban J connectivity index is 1.67. The van der Waals surface area contributed by atoms with Gasteiger partial charge < -0.3 is 20.3 Å². The number of rotatable bonds is 5. The highest BCUT2D eigenvalue weighted by atomic mass is 16.6. The second kappa shape index (κ2) is 11.5. The zero-order valence-electron chi connectivity index (χ0n) is 24.7. The molecule has 10 nitrogen and oxygen atoms in total. The van der Waals surface area contributed by atoms with Crippen LogP contribution >= 0.6 is 0 Å². The highest BCUT2D eigenvalue weighted by molar-refractivity contribution is 5.92. The molecule has 0 spiro atoms. The molecule has 0 bridgehead atoms. The first-order valence-corrected chi connectivity index (χ1v) is 14.1. The molecule has 1 aliphatic carbocycles. The topological polar surface area (TPSA) is 131 Å². The van der Waals surface area contributed by atoms with Crippen molar-refractivity contribution >= 4 is 23.6 Å². The number of aryl methyl sites for hydroxylation is 1. The van der Waals surface area contributed by atoms with Crippen molar-refractivity contribution in [1.82, 2.24) is 15.5 Å². The average molecular weight is 565 g/mol. The SMILES string of the molecule is CC(C)(C)OC(=O)NC(C(=O)N1Cc2cc([N+](=O)[O-])ccc2CC1C(=O)NC1CCCc2ccccc21)C(C)(C)C. The van der Waals surface area contributed by atoms with E-state index in [0.29, 0.717) is 5.56 Å². The van der Waals surface area contributed by atoms with E-state index in [0.717, 1.165) is 30.4 Å². The van der Waals surface area contributed by atoms with Crippen molar-refractivity contribution in [1.29, 1.82) is 0 Å². The van der Waals surface area contributed by atoms with Gasteiger partial charge in [0, 0.05) is 25.1 Å². The summed E-state index contributed by atoms with van der Waals surface area (Å²) in [6.45, 7) is 10.7. The first kappa shape index (κ1) is 30.0. The van der Waals surface area contributed by atoms with Crippen LogP contribution in [0.5, 0.6) is 0 Å². The van der Waals surface area contributed by atoms with E-state index >= 15 is 0 Å². The van der Waals surface area contributed by atoms with E-state index < -0.39 is 40.0 Å². The quantitative estimate of drug-likeness (QED) is 0.389. The van der Waals surface area contributed by atoms with Gasteiger partial charge in [-0.1, -0.05) is 51.1 Å². The van der Waals surface area contributed by atoms with Gasteiger partial charge in [0.2, 0.25) is 11.8 Å². The Morgan fingerprint density at radius 1 is 1.02 bits per heavy atom. The fraction of sp³-hybridized carbons (Fsp3) is 0.516. The van der Waals surface area contributed by atoms with Crippen LogP contribution in [-0.4, -0.2) is 45.4 Å². The number of nitro benzene ring substituents is 1. The molecular weight excluding hydrogens is 524 g/mol. The van der Waals surface area contributed by atoms with Gasteiger partial charge >= 0.3 is 6.09 Å². The van der Waals surface area contributed by atoms with Crippen LogP contribution < -0.4 is 10.6 Å². The molecule has 3 unspecified atom stereocenters. The third-order valence-electron chi connectivity index (χ3n) is 7.58. The van der Waals surface area contributed by atoms with E-state index in [-0.39, 0.29) is 30.6 Å². The van der Waals surface area contributed by atoms with Crippen LogP contribution in [0.1, 0.15) is 82.7 Å². The lowest BCUT2D eigenvalue weighted by atomic mass is 9.84. The van der Waals surface area contributed by atoms with Crippen LogP contribution in [0.2, 0.25) is 0 Å². The maximum absolute atomic E-state index is 14.2. The minimum absolute atomic E-state index is 0.00222. The van der Waals surface area contributed by atoms with Gasteiger partial charge in [-0.3, -0.25) is 19.7 Å². The number of fused-ring (bicyclic) bond motifs is 2.